The van der Waals surface area contributed by atoms with Crippen LogP contribution >= 0.6 is 0 Å². The predicted octanol–water partition coefficient (Wildman–Crippen LogP) is 1.26. The summed E-state index contributed by atoms with van der Waals surface area (Å²) in [5.74, 6) is 0.243. The zero-order valence-corrected chi connectivity index (χ0v) is 12.1. The van der Waals surface area contributed by atoms with E-state index in [-0.39, 0.29) is 17.9 Å². The third-order valence-corrected chi connectivity index (χ3v) is 3.27. The standard InChI is InChI=1S/C15H21N3O3/c1-21-11-6-7-13(18-14(19)3-2-8-16)12(9-11)15(20)17-10-4-5-10/h6-7,9-10H,2-5,8,16H2,1H3,(H,17,20)(H,18,19). The molecule has 0 spiro atoms. The summed E-state index contributed by atoms with van der Waals surface area (Å²) in [6.07, 6.45) is 2.97. The molecule has 6 heteroatoms. The second-order valence-corrected chi connectivity index (χ2v) is 5.10. The molecular weight excluding hydrogens is 270 g/mol. The molecule has 2 rings (SSSR count). The van der Waals surface area contributed by atoms with Crippen LogP contribution in [0.1, 0.15) is 36.0 Å². The Morgan fingerprint density at radius 3 is 2.76 bits per heavy atom. The summed E-state index contributed by atoms with van der Waals surface area (Å²) >= 11 is 0. The predicted molar refractivity (Wildman–Crippen MR) is 80.4 cm³/mol. The highest BCUT2D eigenvalue weighted by Gasteiger charge is 2.25. The molecule has 0 radical (unpaired) electrons. The topological polar surface area (TPSA) is 93.4 Å². The SMILES string of the molecule is COc1ccc(NC(=O)CCCN)c(C(=O)NC2CC2)c1. The van der Waals surface area contributed by atoms with Crippen LogP contribution < -0.4 is 21.1 Å². The van der Waals surface area contributed by atoms with E-state index in [1.54, 1.807) is 18.2 Å². The van der Waals surface area contributed by atoms with Gasteiger partial charge in [-0.25, -0.2) is 0 Å². The normalized spacial score (nSPS) is 13.6. The van der Waals surface area contributed by atoms with Crippen LogP contribution in [0, 0.1) is 0 Å². The Bertz CT molecular complexity index is 527. The monoisotopic (exact) mass is 291 g/mol. The quantitative estimate of drug-likeness (QED) is 0.705. The van der Waals surface area contributed by atoms with Gasteiger partial charge in [0.2, 0.25) is 5.91 Å². The highest BCUT2D eigenvalue weighted by atomic mass is 16.5. The van der Waals surface area contributed by atoms with Crippen molar-refractivity contribution in [2.75, 3.05) is 19.0 Å². The summed E-state index contributed by atoms with van der Waals surface area (Å²) in [5, 5.41) is 5.67. The maximum Gasteiger partial charge on any atom is 0.253 e. The number of carbonyl (C=O) groups is 2. The first-order valence-electron chi connectivity index (χ1n) is 7.13. The number of rotatable bonds is 7. The molecule has 21 heavy (non-hydrogen) atoms. The Balaban J connectivity index is 2.13. The van der Waals surface area contributed by atoms with Crippen molar-refractivity contribution in [2.24, 2.45) is 5.73 Å². The third kappa shape index (κ3) is 4.46. The van der Waals surface area contributed by atoms with Crippen molar-refractivity contribution < 1.29 is 14.3 Å². The van der Waals surface area contributed by atoms with Crippen LogP contribution in [0.4, 0.5) is 5.69 Å². The fourth-order valence-electron chi connectivity index (χ4n) is 1.91. The van der Waals surface area contributed by atoms with Crippen LogP contribution in [-0.2, 0) is 4.79 Å². The van der Waals surface area contributed by atoms with Gasteiger partial charge in [-0.05, 0) is 44.0 Å². The fourth-order valence-corrected chi connectivity index (χ4v) is 1.91. The van der Waals surface area contributed by atoms with E-state index in [0.29, 0.717) is 36.4 Å². The molecule has 0 bridgehead atoms. The first-order chi connectivity index (χ1) is 10.1. The minimum absolute atomic E-state index is 0.147. The molecule has 0 unspecified atom stereocenters. The number of hydrogen-bond donors (Lipinski definition) is 3. The Kier molecular flexibility index (Phi) is 5.16. The van der Waals surface area contributed by atoms with E-state index in [1.165, 1.54) is 7.11 Å². The van der Waals surface area contributed by atoms with Gasteiger partial charge in [0, 0.05) is 12.5 Å². The van der Waals surface area contributed by atoms with Crippen LogP contribution in [0.5, 0.6) is 5.75 Å². The van der Waals surface area contributed by atoms with Gasteiger partial charge in [0.05, 0.1) is 18.4 Å². The second-order valence-electron chi connectivity index (χ2n) is 5.10. The van der Waals surface area contributed by atoms with E-state index < -0.39 is 0 Å². The lowest BCUT2D eigenvalue weighted by atomic mass is 10.1. The Morgan fingerprint density at radius 1 is 1.38 bits per heavy atom. The van der Waals surface area contributed by atoms with Crippen molar-refractivity contribution in [1.29, 1.82) is 0 Å². The molecule has 1 fully saturated rings. The number of methoxy groups -OCH3 is 1. The fraction of sp³-hybridized carbons (Fsp3) is 0.467. The van der Waals surface area contributed by atoms with Crippen molar-refractivity contribution in [3.05, 3.63) is 23.8 Å². The summed E-state index contributed by atoms with van der Waals surface area (Å²) in [6.45, 7) is 0.463. The van der Waals surface area contributed by atoms with E-state index in [1.807, 2.05) is 0 Å². The number of anilines is 1. The molecule has 1 aliphatic carbocycles. The number of hydrogen-bond acceptors (Lipinski definition) is 4. The third-order valence-electron chi connectivity index (χ3n) is 3.27. The maximum atomic E-state index is 12.2. The second kappa shape index (κ2) is 7.08. The van der Waals surface area contributed by atoms with Gasteiger partial charge in [0.15, 0.2) is 0 Å². The van der Waals surface area contributed by atoms with Gasteiger partial charge in [-0.1, -0.05) is 0 Å². The average Bonchev–Trinajstić information content (AvgIpc) is 3.29. The van der Waals surface area contributed by atoms with Gasteiger partial charge >= 0.3 is 0 Å². The number of nitrogens with two attached hydrogens (primary N) is 1. The minimum atomic E-state index is -0.189. The molecule has 4 N–H and O–H groups in total. The van der Waals surface area contributed by atoms with Crippen LogP contribution in [-0.4, -0.2) is 31.5 Å². The molecule has 0 aromatic heterocycles. The lowest BCUT2D eigenvalue weighted by molar-refractivity contribution is -0.116. The molecule has 1 aliphatic rings. The van der Waals surface area contributed by atoms with Gasteiger partial charge < -0.3 is 21.1 Å². The van der Waals surface area contributed by atoms with E-state index >= 15 is 0 Å². The molecule has 0 atom stereocenters. The molecule has 0 saturated heterocycles. The number of benzene rings is 1. The molecule has 114 valence electrons. The summed E-state index contributed by atoms with van der Waals surface area (Å²) in [4.78, 5) is 24.0. The maximum absolute atomic E-state index is 12.2. The average molecular weight is 291 g/mol. The molecule has 1 aromatic rings. The molecule has 1 saturated carbocycles. The van der Waals surface area contributed by atoms with Crippen molar-refractivity contribution in [2.45, 2.75) is 31.7 Å². The van der Waals surface area contributed by atoms with Gasteiger partial charge in [0.1, 0.15) is 5.75 Å². The molecule has 2 amide bonds. The van der Waals surface area contributed by atoms with Crippen LogP contribution in [0.25, 0.3) is 0 Å². The van der Waals surface area contributed by atoms with E-state index in [4.69, 9.17) is 10.5 Å². The Morgan fingerprint density at radius 2 is 2.14 bits per heavy atom. The molecular formula is C15H21N3O3. The van der Waals surface area contributed by atoms with Crippen molar-refractivity contribution in [1.82, 2.24) is 5.32 Å². The number of amides is 2. The lowest BCUT2D eigenvalue weighted by Crippen LogP contribution is -2.27. The van der Waals surface area contributed by atoms with E-state index in [2.05, 4.69) is 10.6 Å². The van der Waals surface area contributed by atoms with Gasteiger partial charge in [0.25, 0.3) is 5.91 Å². The van der Waals surface area contributed by atoms with Crippen LogP contribution in [0.3, 0.4) is 0 Å². The summed E-state index contributed by atoms with van der Waals surface area (Å²) in [6, 6.07) is 5.29. The largest absolute Gasteiger partial charge is 0.497 e. The number of carbonyl (C=O) groups excluding carboxylic acids is 2. The number of ether oxygens (including phenoxy) is 1. The highest BCUT2D eigenvalue weighted by molar-refractivity contribution is 6.04. The highest BCUT2D eigenvalue weighted by Crippen LogP contribution is 2.25. The van der Waals surface area contributed by atoms with Gasteiger partial charge in [-0.15, -0.1) is 0 Å². The Labute approximate surface area is 124 Å². The zero-order valence-electron chi connectivity index (χ0n) is 12.1. The van der Waals surface area contributed by atoms with E-state index in [0.717, 1.165) is 12.8 Å². The smallest absolute Gasteiger partial charge is 0.253 e. The molecule has 0 heterocycles. The van der Waals surface area contributed by atoms with E-state index in [9.17, 15) is 9.59 Å². The zero-order chi connectivity index (χ0) is 15.2. The van der Waals surface area contributed by atoms with Crippen LogP contribution in [0.2, 0.25) is 0 Å². The summed E-state index contributed by atoms with van der Waals surface area (Å²) in [5.41, 5.74) is 6.30. The first-order valence-corrected chi connectivity index (χ1v) is 7.13. The van der Waals surface area contributed by atoms with Crippen molar-refractivity contribution in [3.8, 4) is 5.75 Å². The molecule has 6 nitrogen and oxygen atoms in total. The van der Waals surface area contributed by atoms with Gasteiger partial charge in [-0.3, -0.25) is 9.59 Å². The van der Waals surface area contributed by atoms with Gasteiger partial charge in [-0.2, -0.15) is 0 Å². The molecule has 1 aromatic carbocycles. The first kappa shape index (κ1) is 15.3. The summed E-state index contributed by atoms with van der Waals surface area (Å²) in [7, 11) is 1.54. The lowest BCUT2D eigenvalue weighted by Gasteiger charge is -2.12. The van der Waals surface area contributed by atoms with Crippen LogP contribution in [0.15, 0.2) is 18.2 Å². The molecule has 0 aliphatic heterocycles. The summed E-state index contributed by atoms with van der Waals surface area (Å²) < 4.78 is 5.14. The van der Waals surface area contributed by atoms with Crippen molar-refractivity contribution >= 4 is 17.5 Å². The number of nitrogens with one attached hydrogen (secondary N) is 2. The minimum Gasteiger partial charge on any atom is -0.497 e. The van der Waals surface area contributed by atoms with Crippen molar-refractivity contribution in [3.63, 3.8) is 0 Å². The Hall–Kier alpha value is -2.08.